The number of nitrogens with zero attached hydrogens (tertiary/aromatic N) is 3. The lowest BCUT2D eigenvalue weighted by molar-refractivity contribution is -0.139. The fourth-order valence-electron chi connectivity index (χ4n) is 3.79. The Bertz CT molecular complexity index is 1220. The standard InChI is InChI=1S/C23H24F3N3O3S2/c1-2-32-19-9-7-17(8-10-19)15-18-16-33-22(27-18)28-11-13-29(14-12-28)34(30,31)21-6-4-3-5-20(21)23(24,25)26/h3-10,16H,2,11-15H2,1H3. The Balaban J connectivity index is 1.40. The zero-order valence-corrected chi connectivity index (χ0v) is 20.1. The van der Waals surface area contributed by atoms with Crippen LogP contribution in [0.1, 0.15) is 23.7 Å². The number of halogens is 3. The van der Waals surface area contributed by atoms with E-state index in [1.807, 2.05) is 41.5 Å². The molecule has 0 atom stereocenters. The first kappa shape index (κ1) is 24.5. The van der Waals surface area contributed by atoms with Gasteiger partial charge in [0.05, 0.1) is 22.8 Å². The van der Waals surface area contributed by atoms with Crippen LogP contribution in [0.3, 0.4) is 0 Å². The quantitative estimate of drug-likeness (QED) is 0.462. The van der Waals surface area contributed by atoms with Gasteiger partial charge < -0.3 is 9.64 Å². The molecular weight excluding hydrogens is 487 g/mol. The van der Waals surface area contributed by atoms with E-state index in [-0.39, 0.29) is 13.1 Å². The summed E-state index contributed by atoms with van der Waals surface area (Å²) in [5, 5.41) is 2.74. The summed E-state index contributed by atoms with van der Waals surface area (Å²) in [7, 11) is -4.27. The molecule has 0 radical (unpaired) electrons. The van der Waals surface area contributed by atoms with Crippen LogP contribution >= 0.6 is 11.3 Å². The maximum atomic E-state index is 13.3. The van der Waals surface area contributed by atoms with Crippen LogP contribution in [0.5, 0.6) is 5.75 Å². The van der Waals surface area contributed by atoms with Crippen molar-refractivity contribution >= 4 is 26.5 Å². The fraction of sp³-hybridized carbons (Fsp3) is 0.348. The van der Waals surface area contributed by atoms with E-state index in [0.717, 1.165) is 38.6 Å². The predicted molar refractivity (Wildman–Crippen MR) is 125 cm³/mol. The summed E-state index contributed by atoms with van der Waals surface area (Å²) < 4.78 is 72.5. The summed E-state index contributed by atoms with van der Waals surface area (Å²) in [5.74, 6) is 0.816. The smallest absolute Gasteiger partial charge is 0.417 e. The largest absolute Gasteiger partial charge is 0.494 e. The maximum Gasteiger partial charge on any atom is 0.417 e. The second kappa shape index (κ2) is 9.93. The number of benzene rings is 2. The highest BCUT2D eigenvalue weighted by atomic mass is 32.2. The molecule has 11 heteroatoms. The zero-order valence-electron chi connectivity index (χ0n) is 18.5. The minimum absolute atomic E-state index is 0.0856. The molecule has 4 rings (SSSR count). The molecule has 182 valence electrons. The van der Waals surface area contributed by atoms with Gasteiger partial charge in [-0.25, -0.2) is 13.4 Å². The minimum atomic E-state index is -4.74. The van der Waals surface area contributed by atoms with Crippen molar-refractivity contribution in [3.8, 4) is 5.75 Å². The van der Waals surface area contributed by atoms with Gasteiger partial charge in [0.15, 0.2) is 5.13 Å². The van der Waals surface area contributed by atoms with Crippen molar-refractivity contribution in [3.05, 3.63) is 70.7 Å². The van der Waals surface area contributed by atoms with E-state index in [2.05, 4.69) is 4.98 Å². The lowest BCUT2D eigenvalue weighted by atomic mass is 10.1. The van der Waals surface area contributed by atoms with E-state index in [0.29, 0.717) is 26.1 Å². The Morgan fingerprint density at radius 1 is 1.03 bits per heavy atom. The summed E-state index contributed by atoms with van der Waals surface area (Å²) in [6.45, 7) is 3.41. The third-order valence-corrected chi connectivity index (χ3v) is 8.39. The van der Waals surface area contributed by atoms with E-state index in [9.17, 15) is 21.6 Å². The molecule has 1 aliphatic heterocycles. The average molecular weight is 512 g/mol. The van der Waals surface area contributed by atoms with Gasteiger partial charge in [0, 0.05) is 38.0 Å². The number of ether oxygens (including phenoxy) is 1. The summed E-state index contributed by atoms with van der Waals surface area (Å²) in [6.07, 6.45) is -4.09. The van der Waals surface area contributed by atoms with Crippen molar-refractivity contribution in [1.82, 2.24) is 9.29 Å². The van der Waals surface area contributed by atoms with E-state index >= 15 is 0 Å². The Morgan fingerprint density at radius 3 is 2.35 bits per heavy atom. The van der Waals surface area contributed by atoms with E-state index in [1.165, 1.54) is 23.5 Å². The van der Waals surface area contributed by atoms with Crippen LogP contribution in [-0.2, 0) is 22.6 Å². The summed E-state index contributed by atoms with van der Waals surface area (Å²) in [5.41, 5.74) is 0.856. The molecule has 1 saturated heterocycles. The molecule has 0 bridgehead atoms. The lowest BCUT2D eigenvalue weighted by Crippen LogP contribution is -2.49. The first-order valence-corrected chi connectivity index (χ1v) is 13.1. The van der Waals surface area contributed by atoms with Gasteiger partial charge in [0.1, 0.15) is 5.75 Å². The Hall–Kier alpha value is -2.63. The lowest BCUT2D eigenvalue weighted by Gasteiger charge is -2.34. The number of hydrogen-bond acceptors (Lipinski definition) is 6. The number of thiazole rings is 1. The first-order valence-electron chi connectivity index (χ1n) is 10.8. The molecule has 0 N–H and O–H groups in total. The summed E-state index contributed by atoms with van der Waals surface area (Å²) in [4.78, 5) is 5.94. The van der Waals surface area contributed by atoms with E-state index in [4.69, 9.17) is 4.74 Å². The first-order chi connectivity index (χ1) is 16.2. The zero-order chi connectivity index (χ0) is 24.3. The van der Waals surface area contributed by atoms with Crippen LogP contribution in [0.25, 0.3) is 0 Å². The number of aromatic nitrogens is 1. The number of rotatable bonds is 7. The van der Waals surface area contributed by atoms with Crippen molar-refractivity contribution in [2.45, 2.75) is 24.4 Å². The van der Waals surface area contributed by atoms with Crippen molar-refractivity contribution in [1.29, 1.82) is 0 Å². The highest BCUT2D eigenvalue weighted by Crippen LogP contribution is 2.35. The molecule has 0 unspecified atom stereocenters. The van der Waals surface area contributed by atoms with Gasteiger partial charge in [-0.3, -0.25) is 0 Å². The van der Waals surface area contributed by atoms with Crippen LogP contribution in [0.4, 0.5) is 18.3 Å². The molecule has 3 aromatic rings. The highest BCUT2D eigenvalue weighted by molar-refractivity contribution is 7.89. The Kier molecular flexibility index (Phi) is 7.15. The van der Waals surface area contributed by atoms with Crippen LogP contribution in [0, 0.1) is 0 Å². The number of anilines is 1. The summed E-state index contributed by atoms with van der Waals surface area (Å²) >= 11 is 1.47. The second-order valence-electron chi connectivity index (χ2n) is 7.76. The van der Waals surface area contributed by atoms with Gasteiger partial charge >= 0.3 is 6.18 Å². The second-order valence-corrected chi connectivity index (χ2v) is 10.5. The topological polar surface area (TPSA) is 62.7 Å². The van der Waals surface area contributed by atoms with E-state index < -0.39 is 26.7 Å². The summed E-state index contributed by atoms with van der Waals surface area (Å²) in [6, 6.07) is 12.1. The Labute approximate surface area is 200 Å². The van der Waals surface area contributed by atoms with E-state index in [1.54, 1.807) is 0 Å². The third-order valence-electron chi connectivity index (χ3n) is 5.48. The van der Waals surface area contributed by atoms with Gasteiger partial charge in [-0.05, 0) is 36.8 Å². The number of hydrogen-bond donors (Lipinski definition) is 0. The van der Waals surface area contributed by atoms with Crippen LogP contribution in [-0.4, -0.2) is 50.5 Å². The van der Waals surface area contributed by atoms with Crippen molar-refractivity contribution in [2.75, 3.05) is 37.7 Å². The molecule has 0 spiro atoms. The fourth-order valence-corrected chi connectivity index (χ4v) is 6.30. The molecule has 1 fully saturated rings. The van der Waals surface area contributed by atoms with Crippen molar-refractivity contribution in [3.63, 3.8) is 0 Å². The monoisotopic (exact) mass is 511 g/mol. The molecule has 2 heterocycles. The van der Waals surface area contributed by atoms with Gasteiger partial charge in [0.25, 0.3) is 0 Å². The minimum Gasteiger partial charge on any atom is -0.494 e. The molecule has 1 aliphatic rings. The molecule has 0 aliphatic carbocycles. The predicted octanol–water partition coefficient (Wildman–Crippen LogP) is 4.66. The van der Waals surface area contributed by atoms with Crippen LogP contribution in [0.15, 0.2) is 58.8 Å². The molecule has 0 amide bonds. The highest BCUT2D eigenvalue weighted by Gasteiger charge is 2.39. The molecule has 6 nitrogen and oxygen atoms in total. The third kappa shape index (κ3) is 5.37. The number of piperazine rings is 1. The molecule has 0 saturated carbocycles. The normalized spacial score (nSPS) is 15.5. The van der Waals surface area contributed by atoms with Gasteiger partial charge in [-0.1, -0.05) is 24.3 Å². The van der Waals surface area contributed by atoms with Crippen LogP contribution in [0.2, 0.25) is 0 Å². The van der Waals surface area contributed by atoms with Gasteiger partial charge in [-0.2, -0.15) is 17.5 Å². The number of sulfonamides is 1. The SMILES string of the molecule is CCOc1ccc(Cc2csc(N3CCN(S(=O)(=O)c4ccccc4C(F)(F)F)CC3)n2)cc1. The Morgan fingerprint density at radius 2 is 1.71 bits per heavy atom. The van der Waals surface area contributed by atoms with Crippen LogP contribution < -0.4 is 9.64 Å². The molecule has 2 aromatic carbocycles. The molecule has 34 heavy (non-hydrogen) atoms. The maximum absolute atomic E-state index is 13.3. The van der Waals surface area contributed by atoms with Crippen molar-refractivity contribution in [2.24, 2.45) is 0 Å². The number of alkyl halides is 3. The average Bonchev–Trinajstić information content (AvgIpc) is 3.28. The van der Waals surface area contributed by atoms with Gasteiger partial charge in [0.2, 0.25) is 10.0 Å². The van der Waals surface area contributed by atoms with Crippen molar-refractivity contribution < 1.29 is 26.3 Å². The van der Waals surface area contributed by atoms with Gasteiger partial charge in [-0.15, -0.1) is 11.3 Å². The molecular formula is C23H24F3N3O3S2. The molecule has 1 aromatic heterocycles.